The van der Waals surface area contributed by atoms with Gasteiger partial charge in [-0.3, -0.25) is 9.69 Å². The van der Waals surface area contributed by atoms with Crippen molar-refractivity contribution >= 4 is 5.91 Å². The number of piperidine rings is 1. The van der Waals surface area contributed by atoms with Gasteiger partial charge in [0, 0.05) is 31.5 Å². The molecule has 0 unspecified atom stereocenters. The molecule has 0 bridgehead atoms. The largest absolute Gasteiger partial charge is 0.351 e. The summed E-state index contributed by atoms with van der Waals surface area (Å²) in [7, 11) is 3.95. The Bertz CT molecular complexity index is 613. The molecule has 122 valence electrons. The van der Waals surface area contributed by atoms with Crippen LogP contribution in [0.15, 0.2) is 54.9 Å². The summed E-state index contributed by atoms with van der Waals surface area (Å²) in [5.74, 6) is 0.215. The number of likely N-dealkylation sites (tertiary alicyclic amines) is 1. The Morgan fingerprint density at radius 2 is 1.65 bits per heavy atom. The maximum absolute atomic E-state index is 13.0. The van der Waals surface area contributed by atoms with Gasteiger partial charge in [-0.1, -0.05) is 30.3 Å². The molecule has 4 nitrogen and oxygen atoms in total. The smallest absolute Gasteiger partial charge is 0.244 e. The zero-order valence-corrected chi connectivity index (χ0v) is 13.9. The lowest BCUT2D eigenvalue weighted by Crippen LogP contribution is -2.44. The van der Waals surface area contributed by atoms with E-state index in [0.29, 0.717) is 6.04 Å². The van der Waals surface area contributed by atoms with Crippen molar-refractivity contribution in [1.29, 1.82) is 0 Å². The van der Waals surface area contributed by atoms with E-state index in [2.05, 4.69) is 29.1 Å². The lowest BCUT2D eigenvalue weighted by Gasteiger charge is -2.36. The lowest BCUT2D eigenvalue weighted by molar-refractivity contribution is -0.137. The van der Waals surface area contributed by atoms with Gasteiger partial charge in [0.1, 0.15) is 6.04 Å². The van der Waals surface area contributed by atoms with E-state index in [4.69, 9.17) is 0 Å². The van der Waals surface area contributed by atoms with E-state index >= 15 is 0 Å². The molecule has 2 heterocycles. The van der Waals surface area contributed by atoms with Crippen molar-refractivity contribution < 1.29 is 4.79 Å². The molecule has 1 aliphatic heterocycles. The normalized spacial score (nSPS) is 17.4. The van der Waals surface area contributed by atoms with Crippen molar-refractivity contribution in [3.05, 3.63) is 60.4 Å². The second kappa shape index (κ2) is 7.01. The number of benzene rings is 1. The highest BCUT2D eigenvalue weighted by atomic mass is 16.2. The number of hydrogen-bond acceptors (Lipinski definition) is 2. The third kappa shape index (κ3) is 3.48. The lowest BCUT2D eigenvalue weighted by atomic mass is 10.0. The van der Waals surface area contributed by atoms with Crippen molar-refractivity contribution in [3.8, 4) is 0 Å². The van der Waals surface area contributed by atoms with Gasteiger partial charge in [0.05, 0.1) is 0 Å². The van der Waals surface area contributed by atoms with Gasteiger partial charge in [0.15, 0.2) is 0 Å². The minimum atomic E-state index is -0.195. The molecule has 3 rings (SSSR count). The third-order valence-electron chi connectivity index (χ3n) is 4.69. The van der Waals surface area contributed by atoms with Crippen LogP contribution in [0.2, 0.25) is 0 Å². The molecule has 1 amide bonds. The average molecular weight is 311 g/mol. The maximum atomic E-state index is 13.0. The number of rotatable bonds is 4. The van der Waals surface area contributed by atoms with Gasteiger partial charge in [-0.05, 0) is 44.6 Å². The standard InChI is InChI=1S/C19H25N3O/c1-20(2)18(16-8-4-3-5-9-16)19(23)22-14-10-17(11-15-22)21-12-6-7-13-21/h3-9,12-13,17-18H,10-11,14-15H2,1-2H3/t18-/m0/s1. The van der Waals surface area contributed by atoms with E-state index in [1.807, 2.05) is 54.2 Å². The molecule has 1 aliphatic rings. The van der Waals surface area contributed by atoms with Crippen molar-refractivity contribution in [3.63, 3.8) is 0 Å². The van der Waals surface area contributed by atoms with Crippen LogP contribution < -0.4 is 0 Å². The molecule has 2 aromatic rings. The highest BCUT2D eigenvalue weighted by molar-refractivity contribution is 5.83. The molecule has 0 spiro atoms. The number of aromatic nitrogens is 1. The third-order valence-corrected chi connectivity index (χ3v) is 4.69. The first-order valence-corrected chi connectivity index (χ1v) is 8.29. The molecule has 0 aliphatic carbocycles. The predicted octanol–water partition coefficient (Wildman–Crippen LogP) is 2.95. The van der Waals surface area contributed by atoms with Crippen molar-refractivity contribution in [2.75, 3.05) is 27.2 Å². The minimum Gasteiger partial charge on any atom is -0.351 e. The fraction of sp³-hybridized carbons (Fsp3) is 0.421. The fourth-order valence-electron chi connectivity index (χ4n) is 3.45. The van der Waals surface area contributed by atoms with E-state index in [0.717, 1.165) is 31.5 Å². The number of carbonyl (C=O) groups is 1. The van der Waals surface area contributed by atoms with Crippen LogP contribution >= 0.6 is 0 Å². The molecule has 0 N–H and O–H groups in total. The van der Waals surface area contributed by atoms with Crippen LogP contribution in [0.25, 0.3) is 0 Å². The summed E-state index contributed by atoms with van der Waals surface area (Å²) in [6, 6.07) is 14.5. The van der Waals surface area contributed by atoms with Crippen LogP contribution in [0.3, 0.4) is 0 Å². The summed E-state index contributed by atoms with van der Waals surface area (Å²) in [6.45, 7) is 1.66. The molecule has 4 heteroatoms. The van der Waals surface area contributed by atoms with Crippen LogP contribution in [0.5, 0.6) is 0 Å². The summed E-state index contributed by atoms with van der Waals surface area (Å²) >= 11 is 0. The Balaban J connectivity index is 1.68. The van der Waals surface area contributed by atoms with Crippen LogP contribution in [-0.2, 0) is 4.79 Å². The summed E-state index contributed by atoms with van der Waals surface area (Å²) < 4.78 is 2.27. The highest BCUT2D eigenvalue weighted by Crippen LogP contribution is 2.27. The van der Waals surface area contributed by atoms with Crippen molar-refractivity contribution in [1.82, 2.24) is 14.4 Å². The van der Waals surface area contributed by atoms with E-state index in [9.17, 15) is 4.79 Å². The first-order chi connectivity index (χ1) is 11.2. The highest BCUT2D eigenvalue weighted by Gasteiger charge is 2.30. The first-order valence-electron chi connectivity index (χ1n) is 8.29. The van der Waals surface area contributed by atoms with Crippen LogP contribution in [0.4, 0.5) is 0 Å². The Morgan fingerprint density at radius 1 is 1.04 bits per heavy atom. The van der Waals surface area contributed by atoms with E-state index in [1.54, 1.807) is 0 Å². The SMILES string of the molecule is CN(C)[C@H](C(=O)N1CCC(n2cccc2)CC1)c1ccccc1. The molecule has 0 saturated carbocycles. The second-order valence-electron chi connectivity index (χ2n) is 6.46. The van der Waals surface area contributed by atoms with Crippen LogP contribution in [0, 0.1) is 0 Å². The van der Waals surface area contributed by atoms with E-state index in [-0.39, 0.29) is 11.9 Å². The predicted molar refractivity (Wildman–Crippen MR) is 92.2 cm³/mol. The Labute approximate surface area is 138 Å². The molecular weight excluding hydrogens is 286 g/mol. The molecule has 1 saturated heterocycles. The van der Waals surface area contributed by atoms with E-state index < -0.39 is 0 Å². The second-order valence-corrected chi connectivity index (χ2v) is 6.46. The zero-order chi connectivity index (χ0) is 16.2. The zero-order valence-electron chi connectivity index (χ0n) is 13.9. The maximum Gasteiger partial charge on any atom is 0.244 e. The number of amides is 1. The van der Waals surface area contributed by atoms with Gasteiger partial charge < -0.3 is 9.47 Å². The number of carbonyl (C=O) groups excluding carboxylic acids is 1. The molecule has 23 heavy (non-hydrogen) atoms. The summed E-state index contributed by atoms with van der Waals surface area (Å²) in [6.07, 6.45) is 6.29. The molecule has 1 aromatic carbocycles. The number of nitrogens with zero attached hydrogens (tertiary/aromatic N) is 3. The van der Waals surface area contributed by atoms with Crippen LogP contribution in [0.1, 0.15) is 30.5 Å². The Hall–Kier alpha value is -2.07. The van der Waals surface area contributed by atoms with Crippen LogP contribution in [-0.4, -0.2) is 47.5 Å². The molecular formula is C19H25N3O. The molecule has 1 fully saturated rings. The fourth-order valence-corrected chi connectivity index (χ4v) is 3.45. The van der Waals surface area contributed by atoms with Gasteiger partial charge in [-0.2, -0.15) is 0 Å². The Morgan fingerprint density at radius 3 is 2.22 bits per heavy atom. The topological polar surface area (TPSA) is 28.5 Å². The Kier molecular flexibility index (Phi) is 4.82. The summed E-state index contributed by atoms with van der Waals surface area (Å²) in [4.78, 5) is 17.0. The van der Waals surface area contributed by atoms with Gasteiger partial charge >= 0.3 is 0 Å². The minimum absolute atomic E-state index is 0.195. The van der Waals surface area contributed by atoms with Gasteiger partial charge in [0.25, 0.3) is 0 Å². The quantitative estimate of drug-likeness (QED) is 0.868. The molecule has 1 atom stereocenters. The van der Waals surface area contributed by atoms with Crippen molar-refractivity contribution in [2.24, 2.45) is 0 Å². The van der Waals surface area contributed by atoms with E-state index in [1.165, 1.54) is 0 Å². The van der Waals surface area contributed by atoms with Gasteiger partial charge in [0.2, 0.25) is 5.91 Å². The first kappa shape index (κ1) is 15.8. The van der Waals surface area contributed by atoms with Crippen molar-refractivity contribution in [2.45, 2.75) is 24.9 Å². The molecule has 1 aromatic heterocycles. The monoisotopic (exact) mass is 311 g/mol. The average Bonchev–Trinajstić information content (AvgIpc) is 3.10. The summed E-state index contributed by atoms with van der Waals surface area (Å²) in [5.41, 5.74) is 1.06. The molecule has 0 radical (unpaired) electrons. The number of likely N-dealkylation sites (N-methyl/N-ethyl adjacent to an activating group) is 1. The van der Waals surface area contributed by atoms with Gasteiger partial charge in [-0.25, -0.2) is 0 Å². The summed E-state index contributed by atoms with van der Waals surface area (Å²) in [5, 5.41) is 0. The van der Waals surface area contributed by atoms with Gasteiger partial charge in [-0.15, -0.1) is 0 Å². The number of hydrogen-bond donors (Lipinski definition) is 0.